The number of nitrogens with one attached hydrogen (secondary N) is 1. The maximum Gasteiger partial charge on any atom is 0.142 e. The van der Waals surface area contributed by atoms with Crippen molar-refractivity contribution in [3.63, 3.8) is 0 Å². The highest BCUT2D eigenvalue weighted by atomic mass is 35.5. The molecule has 0 saturated carbocycles. The van der Waals surface area contributed by atoms with Gasteiger partial charge in [-0.05, 0) is 37.6 Å². The van der Waals surface area contributed by atoms with Gasteiger partial charge >= 0.3 is 0 Å². The van der Waals surface area contributed by atoms with E-state index in [-0.39, 0.29) is 11.1 Å². The van der Waals surface area contributed by atoms with Crippen molar-refractivity contribution in [1.82, 2.24) is 15.1 Å². The molecule has 0 aliphatic heterocycles. The number of aryl methyl sites for hydroxylation is 1. The standard InChI is InChI=1S/C15H19ClFN3/c1-3-9-18-15(13-8-10-19-20(13)4-2)11-6-5-7-12(17)14(11)16/h5-8,10,15,18H,3-4,9H2,1-2H3. The van der Waals surface area contributed by atoms with Crippen LogP contribution in [0.15, 0.2) is 30.5 Å². The number of hydrogen-bond acceptors (Lipinski definition) is 2. The largest absolute Gasteiger partial charge is 0.305 e. The van der Waals surface area contributed by atoms with E-state index < -0.39 is 5.82 Å². The first-order valence-corrected chi connectivity index (χ1v) is 7.25. The summed E-state index contributed by atoms with van der Waals surface area (Å²) >= 11 is 6.13. The van der Waals surface area contributed by atoms with Gasteiger partial charge in [-0.15, -0.1) is 0 Å². The van der Waals surface area contributed by atoms with Gasteiger partial charge in [0.15, 0.2) is 0 Å². The molecule has 20 heavy (non-hydrogen) atoms. The van der Waals surface area contributed by atoms with E-state index in [1.807, 2.05) is 23.7 Å². The molecule has 0 saturated heterocycles. The molecular formula is C15H19ClFN3. The predicted molar refractivity (Wildman–Crippen MR) is 79.4 cm³/mol. The van der Waals surface area contributed by atoms with Crippen molar-refractivity contribution < 1.29 is 4.39 Å². The van der Waals surface area contributed by atoms with Gasteiger partial charge in [-0.3, -0.25) is 4.68 Å². The van der Waals surface area contributed by atoms with Crippen LogP contribution in [-0.2, 0) is 6.54 Å². The van der Waals surface area contributed by atoms with Gasteiger partial charge in [0.25, 0.3) is 0 Å². The van der Waals surface area contributed by atoms with Gasteiger partial charge < -0.3 is 5.32 Å². The van der Waals surface area contributed by atoms with Crippen LogP contribution < -0.4 is 5.32 Å². The summed E-state index contributed by atoms with van der Waals surface area (Å²) in [4.78, 5) is 0. The van der Waals surface area contributed by atoms with Crippen LogP contribution in [0.2, 0.25) is 5.02 Å². The molecule has 0 radical (unpaired) electrons. The third kappa shape index (κ3) is 3.02. The minimum atomic E-state index is -0.393. The third-order valence-corrected chi connectivity index (χ3v) is 3.63. The Morgan fingerprint density at radius 3 is 2.85 bits per heavy atom. The van der Waals surface area contributed by atoms with Crippen LogP contribution in [0.1, 0.15) is 37.6 Å². The second kappa shape index (κ2) is 6.86. The van der Waals surface area contributed by atoms with Crippen molar-refractivity contribution in [2.75, 3.05) is 6.54 Å². The Morgan fingerprint density at radius 2 is 2.15 bits per heavy atom. The molecule has 1 aromatic carbocycles. The molecule has 0 aliphatic carbocycles. The van der Waals surface area contributed by atoms with E-state index >= 15 is 0 Å². The number of benzene rings is 1. The summed E-state index contributed by atoms with van der Waals surface area (Å²) in [5, 5.41) is 7.87. The topological polar surface area (TPSA) is 29.9 Å². The first-order chi connectivity index (χ1) is 9.69. The SMILES string of the molecule is CCCNC(c1cccc(F)c1Cl)c1ccnn1CC. The van der Waals surface area contributed by atoms with E-state index in [0.29, 0.717) is 0 Å². The van der Waals surface area contributed by atoms with Crippen molar-refractivity contribution in [2.24, 2.45) is 0 Å². The van der Waals surface area contributed by atoms with Crippen molar-refractivity contribution >= 4 is 11.6 Å². The smallest absolute Gasteiger partial charge is 0.142 e. The molecule has 0 spiro atoms. The number of aromatic nitrogens is 2. The van der Waals surface area contributed by atoms with E-state index in [2.05, 4.69) is 17.3 Å². The number of rotatable bonds is 6. The maximum absolute atomic E-state index is 13.7. The Balaban J connectivity index is 2.44. The molecule has 0 amide bonds. The Kier molecular flexibility index (Phi) is 5.15. The summed E-state index contributed by atoms with van der Waals surface area (Å²) in [6.45, 7) is 5.71. The van der Waals surface area contributed by atoms with Crippen molar-refractivity contribution in [1.29, 1.82) is 0 Å². The molecule has 0 bridgehead atoms. The highest BCUT2D eigenvalue weighted by Gasteiger charge is 2.21. The summed E-state index contributed by atoms with van der Waals surface area (Å²) in [7, 11) is 0. The molecule has 1 atom stereocenters. The Labute approximate surface area is 123 Å². The quantitative estimate of drug-likeness (QED) is 0.879. The monoisotopic (exact) mass is 295 g/mol. The van der Waals surface area contributed by atoms with Crippen molar-refractivity contribution in [3.05, 3.63) is 52.6 Å². The zero-order valence-corrected chi connectivity index (χ0v) is 12.5. The molecule has 1 unspecified atom stereocenters. The van der Waals surface area contributed by atoms with E-state index in [1.54, 1.807) is 12.3 Å². The average molecular weight is 296 g/mol. The lowest BCUT2D eigenvalue weighted by molar-refractivity contribution is 0.526. The lowest BCUT2D eigenvalue weighted by Gasteiger charge is -2.21. The summed E-state index contributed by atoms with van der Waals surface area (Å²) in [5.74, 6) is -0.393. The van der Waals surface area contributed by atoms with Gasteiger partial charge in [0.05, 0.1) is 16.8 Å². The summed E-state index contributed by atoms with van der Waals surface area (Å²) in [5.41, 5.74) is 1.74. The molecule has 1 aromatic heterocycles. The highest BCUT2D eigenvalue weighted by Crippen LogP contribution is 2.30. The van der Waals surface area contributed by atoms with E-state index in [4.69, 9.17) is 11.6 Å². The fraction of sp³-hybridized carbons (Fsp3) is 0.400. The minimum Gasteiger partial charge on any atom is -0.305 e. The van der Waals surface area contributed by atoms with E-state index in [1.165, 1.54) is 6.07 Å². The maximum atomic E-state index is 13.7. The van der Waals surface area contributed by atoms with Gasteiger partial charge in [0, 0.05) is 12.7 Å². The second-order valence-electron chi connectivity index (χ2n) is 4.60. The Morgan fingerprint density at radius 1 is 1.35 bits per heavy atom. The lowest BCUT2D eigenvalue weighted by atomic mass is 10.0. The fourth-order valence-corrected chi connectivity index (χ4v) is 2.49. The molecular weight excluding hydrogens is 277 g/mol. The van der Waals surface area contributed by atoms with Gasteiger partial charge in [-0.2, -0.15) is 5.10 Å². The van der Waals surface area contributed by atoms with Crippen LogP contribution in [0.3, 0.4) is 0 Å². The Hall–Kier alpha value is -1.39. The number of nitrogens with zero attached hydrogens (tertiary/aromatic N) is 2. The summed E-state index contributed by atoms with van der Waals surface area (Å²) in [6.07, 6.45) is 2.75. The molecule has 1 N–H and O–H groups in total. The fourth-order valence-electron chi connectivity index (χ4n) is 2.26. The van der Waals surface area contributed by atoms with E-state index in [0.717, 1.165) is 30.8 Å². The highest BCUT2D eigenvalue weighted by molar-refractivity contribution is 6.31. The van der Waals surface area contributed by atoms with Crippen LogP contribution in [-0.4, -0.2) is 16.3 Å². The van der Waals surface area contributed by atoms with Crippen LogP contribution >= 0.6 is 11.6 Å². The van der Waals surface area contributed by atoms with Crippen LogP contribution in [0, 0.1) is 5.82 Å². The summed E-state index contributed by atoms with van der Waals surface area (Å²) in [6, 6.07) is 6.70. The zero-order chi connectivity index (χ0) is 14.5. The number of hydrogen-bond donors (Lipinski definition) is 1. The second-order valence-corrected chi connectivity index (χ2v) is 4.98. The average Bonchev–Trinajstić information content (AvgIpc) is 2.92. The number of halogens is 2. The third-order valence-electron chi connectivity index (χ3n) is 3.24. The molecule has 108 valence electrons. The first-order valence-electron chi connectivity index (χ1n) is 6.88. The molecule has 0 aliphatic rings. The first kappa shape index (κ1) is 15.0. The van der Waals surface area contributed by atoms with Crippen molar-refractivity contribution in [2.45, 2.75) is 32.9 Å². The molecule has 0 fully saturated rings. The van der Waals surface area contributed by atoms with E-state index in [9.17, 15) is 4.39 Å². The van der Waals surface area contributed by atoms with Gasteiger partial charge in [-0.1, -0.05) is 30.7 Å². The molecule has 1 heterocycles. The van der Waals surface area contributed by atoms with Crippen LogP contribution in [0.5, 0.6) is 0 Å². The molecule has 3 nitrogen and oxygen atoms in total. The Bertz CT molecular complexity index is 568. The molecule has 2 aromatic rings. The van der Waals surface area contributed by atoms with Gasteiger partial charge in [0.1, 0.15) is 5.82 Å². The predicted octanol–water partition coefficient (Wildman–Crippen LogP) is 3.78. The zero-order valence-electron chi connectivity index (χ0n) is 11.7. The van der Waals surface area contributed by atoms with Gasteiger partial charge in [0.2, 0.25) is 0 Å². The normalized spacial score (nSPS) is 12.6. The van der Waals surface area contributed by atoms with Gasteiger partial charge in [-0.25, -0.2) is 4.39 Å². The summed E-state index contributed by atoms with van der Waals surface area (Å²) < 4.78 is 15.6. The minimum absolute atomic E-state index is 0.152. The lowest BCUT2D eigenvalue weighted by Crippen LogP contribution is -2.26. The van der Waals surface area contributed by atoms with Crippen molar-refractivity contribution in [3.8, 4) is 0 Å². The van der Waals surface area contributed by atoms with Crippen LogP contribution in [0.4, 0.5) is 4.39 Å². The molecule has 5 heteroatoms. The molecule has 2 rings (SSSR count). The van der Waals surface area contributed by atoms with Crippen LogP contribution in [0.25, 0.3) is 0 Å².